The van der Waals surface area contributed by atoms with Gasteiger partial charge in [0.05, 0.1) is 0 Å². The Balaban J connectivity index is 2.01. The summed E-state index contributed by atoms with van der Waals surface area (Å²) in [4.78, 5) is 4.45. The lowest BCUT2D eigenvalue weighted by atomic mass is 10.2. The van der Waals surface area contributed by atoms with Crippen LogP contribution in [0.4, 0.5) is 5.69 Å². The smallest absolute Gasteiger partial charge is 0.227 e. The van der Waals surface area contributed by atoms with E-state index in [1.54, 1.807) is 12.1 Å². The van der Waals surface area contributed by atoms with E-state index in [0.29, 0.717) is 16.5 Å². The third-order valence-electron chi connectivity index (χ3n) is 2.75. The predicted octanol–water partition coefficient (Wildman–Crippen LogP) is 3.80. The molecule has 0 radical (unpaired) electrons. The summed E-state index contributed by atoms with van der Waals surface area (Å²) in [5, 5.41) is 3.75. The molecule has 0 spiro atoms. The molecule has 0 atom stereocenters. The molecule has 3 aromatic rings. The van der Waals surface area contributed by atoms with E-state index in [4.69, 9.17) is 34.0 Å². The lowest BCUT2D eigenvalue weighted by molar-refractivity contribution is 0.620. The summed E-state index contributed by atoms with van der Waals surface area (Å²) in [6.45, 7) is 0. The van der Waals surface area contributed by atoms with Crippen LogP contribution in [-0.4, -0.2) is 10.1 Å². The fraction of sp³-hybridized carbons (Fsp3) is 0. The second-order valence-electron chi connectivity index (χ2n) is 4.20. The fourth-order valence-corrected chi connectivity index (χ4v) is 2.11. The molecule has 3 rings (SSSR count). The maximum absolute atomic E-state index is 5.86. The van der Waals surface area contributed by atoms with Gasteiger partial charge in [0.1, 0.15) is 5.52 Å². The summed E-state index contributed by atoms with van der Waals surface area (Å²) in [7, 11) is 0. The molecule has 3 N–H and O–H groups in total. The fourth-order valence-electron chi connectivity index (χ4n) is 1.86. The van der Waals surface area contributed by atoms with Gasteiger partial charge in [-0.2, -0.15) is 0 Å². The van der Waals surface area contributed by atoms with Crippen LogP contribution in [-0.2, 0) is 0 Å². The SMILES string of the molecule is NC(=S)Nc1ccc2oc(-c3ccc(Cl)cc3)nc2c1. The first kappa shape index (κ1) is 12.9. The minimum absolute atomic E-state index is 0.214. The quantitative estimate of drug-likeness (QED) is 0.705. The van der Waals surface area contributed by atoms with Gasteiger partial charge in [-0.1, -0.05) is 11.6 Å². The Kier molecular flexibility index (Phi) is 3.30. The monoisotopic (exact) mass is 303 g/mol. The van der Waals surface area contributed by atoms with Gasteiger partial charge in [-0.25, -0.2) is 4.98 Å². The van der Waals surface area contributed by atoms with Gasteiger partial charge in [-0.15, -0.1) is 0 Å². The molecule has 2 aromatic carbocycles. The maximum Gasteiger partial charge on any atom is 0.227 e. The van der Waals surface area contributed by atoms with Crippen LogP contribution in [0.5, 0.6) is 0 Å². The third-order valence-corrected chi connectivity index (χ3v) is 3.10. The minimum atomic E-state index is 0.214. The molecule has 6 heteroatoms. The van der Waals surface area contributed by atoms with Crippen LogP contribution in [0, 0.1) is 0 Å². The average Bonchev–Trinajstić information content (AvgIpc) is 2.81. The number of nitrogens with two attached hydrogens (primary N) is 1. The Morgan fingerprint density at radius 1 is 1.20 bits per heavy atom. The van der Waals surface area contributed by atoms with Crippen molar-refractivity contribution in [2.75, 3.05) is 5.32 Å². The van der Waals surface area contributed by atoms with Crippen molar-refractivity contribution in [3.05, 3.63) is 47.5 Å². The van der Waals surface area contributed by atoms with E-state index < -0.39 is 0 Å². The number of thiocarbonyl (C=S) groups is 1. The number of oxazole rings is 1. The number of rotatable bonds is 2. The Morgan fingerprint density at radius 2 is 1.95 bits per heavy atom. The van der Waals surface area contributed by atoms with Crippen molar-refractivity contribution in [3.8, 4) is 11.5 Å². The zero-order chi connectivity index (χ0) is 14.1. The van der Waals surface area contributed by atoms with Crippen molar-refractivity contribution < 1.29 is 4.42 Å². The van der Waals surface area contributed by atoms with E-state index in [9.17, 15) is 0 Å². The lowest BCUT2D eigenvalue weighted by Crippen LogP contribution is -2.18. The van der Waals surface area contributed by atoms with Crippen molar-refractivity contribution in [2.45, 2.75) is 0 Å². The molecule has 0 bridgehead atoms. The number of hydrogen-bond acceptors (Lipinski definition) is 3. The molecule has 0 amide bonds. The number of anilines is 1. The number of halogens is 1. The molecule has 0 saturated carbocycles. The number of fused-ring (bicyclic) bond motifs is 1. The summed E-state index contributed by atoms with van der Waals surface area (Å²) >= 11 is 10.7. The number of benzene rings is 2. The molecule has 4 nitrogen and oxygen atoms in total. The molecule has 0 unspecified atom stereocenters. The standard InChI is InChI=1S/C14H10ClN3OS/c15-9-3-1-8(2-4-9)13-18-11-7-10(17-14(16)20)5-6-12(11)19-13/h1-7H,(H3,16,17,20). The minimum Gasteiger partial charge on any atom is -0.436 e. The average molecular weight is 304 g/mol. The summed E-state index contributed by atoms with van der Waals surface area (Å²) in [5.74, 6) is 0.546. The Labute approximate surface area is 125 Å². The molecule has 1 aromatic heterocycles. The first-order valence-electron chi connectivity index (χ1n) is 5.85. The van der Waals surface area contributed by atoms with Crippen LogP contribution in [0.15, 0.2) is 46.9 Å². The van der Waals surface area contributed by atoms with Gasteiger partial charge < -0.3 is 15.5 Å². The second-order valence-corrected chi connectivity index (χ2v) is 5.07. The van der Waals surface area contributed by atoms with Gasteiger partial charge >= 0.3 is 0 Å². The topological polar surface area (TPSA) is 64.1 Å². The van der Waals surface area contributed by atoms with Crippen molar-refractivity contribution >= 4 is 45.7 Å². The van der Waals surface area contributed by atoms with E-state index in [2.05, 4.69) is 10.3 Å². The number of nitrogens with one attached hydrogen (secondary N) is 1. The van der Waals surface area contributed by atoms with Crippen LogP contribution in [0.25, 0.3) is 22.6 Å². The molecule has 0 saturated heterocycles. The molecule has 20 heavy (non-hydrogen) atoms. The van der Waals surface area contributed by atoms with Gasteiger partial charge in [-0.3, -0.25) is 0 Å². The van der Waals surface area contributed by atoms with E-state index in [-0.39, 0.29) is 5.11 Å². The highest BCUT2D eigenvalue weighted by atomic mass is 35.5. The first-order chi connectivity index (χ1) is 9.61. The molecule has 0 fully saturated rings. The lowest BCUT2D eigenvalue weighted by Gasteiger charge is -2.01. The van der Waals surface area contributed by atoms with Crippen molar-refractivity contribution in [1.29, 1.82) is 0 Å². The molecule has 0 aliphatic rings. The molecule has 1 heterocycles. The van der Waals surface area contributed by atoms with E-state index >= 15 is 0 Å². The molecule has 0 aliphatic carbocycles. The van der Waals surface area contributed by atoms with Gasteiger partial charge in [0.25, 0.3) is 0 Å². The maximum atomic E-state index is 5.86. The second kappa shape index (κ2) is 5.11. The van der Waals surface area contributed by atoms with Gasteiger partial charge in [0.15, 0.2) is 10.7 Å². The Hall–Kier alpha value is -2.11. The zero-order valence-electron chi connectivity index (χ0n) is 10.3. The van der Waals surface area contributed by atoms with Gasteiger partial charge in [-0.05, 0) is 54.7 Å². The van der Waals surface area contributed by atoms with E-state index in [1.807, 2.05) is 30.3 Å². The predicted molar refractivity (Wildman–Crippen MR) is 84.9 cm³/mol. The largest absolute Gasteiger partial charge is 0.436 e. The summed E-state index contributed by atoms with van der Waals surface area (Å²) in [6.07, 6.45) is 0. The van der Waals surface area contributed by atoms with Crippen LogP contribution >= 0.6 is 23.8 Å². The highest BCUT2D eigenvalue weighted by Crippen LogP contribution is 2.26. The first-order valence-corrected chi connectivity index (χ1v) is 6.63. The van der Waals surface area contributed by atoms with Crippen molar-refractivity contribution in [1.82, 2.24) is 4.98 Å². The number of aromatic nitrogens is 1. The molecular formula is C14H10ClN3OS. The van der Waals surface area contributed by atoms with E-state index in [0.717, 1.165) is 16.8 Å². The molecule has 0 aliphatic heterocycles. The zero-order valence-corrected chi connectivity index (χ0v) is 11.8. The van der Waals surface area contributed by atoms with Crippen LogP contribution in [0.1, 0.15) is 0 Å². The third kappa shape index (κ3) is 2.59. The molecular weight excluding hydrogens is 294 g/mol. The van der Waals surface area contributed by atoms with Crippen molar-refractivity contribution in [3.63, 3.8) is 0 Å². The van der Waals surface area contributed by atoms with Gasteiger partial charge in [0.2, 0.25) is 5.89 Å². The normalized spacial score (nSPS) is 10.7. The summed E-state index contributed by atoms with van der Waals surface area (Å²) in [6, 6.07) is 12.8. The number of hydrogen-bond donors (Lipinski definition) is 2. The van der Waals surface area contributed by atoms with E-state index in [1.165, 1.54) is 0 Å². The van der Waals surface area contributed by atoms with Crippen LogP contribution < -0.4 is 11.1 Å². The highest BCUT2D eigenvalue weighted by Gasteiger charge is 2.08. The summed E-state index contributed by atoms with van der Waals surface area (Å²) in [5.41, 5.74) is 8.52. The summed E-state index contributed by atoms with van der Waals surface area (Å²) < 4.78 is 5.71. The van der Waals surface area contributed by atoms with Gasteiger partial charge in [0, 0.05) is 16.3 Å². The number of nitrogens with zero attached hydrogens (tertiary/aromatic N) is 1. The van der Waals surface area contributed by atoms with Crippen molar-refractivity contribution in [2.24, 2.45) is 5.73 Å². The van der Waals surface area contributed by atoms with Crippen LogP contribution in [0.3, 0.4) is 0 Å². The van der Waals surface area contributed by atoms with Crippen LogP contribution in [0.2, 0.25) is 5.02 Å². The highest BCUT2D eigenvalue weighted by molar-refractivity contribution is 7.80. The Bertz CT molecular complexity index is 783. The Morgan fingerprint density at radius 3 is 2.65 bits per heavy atom. The molecule has 100 valence electrons.